The summed E-state index contributed by atoms with van der Waals surface area (Å²) in [7, 11) is 1.59. The van der Waals surface area contributed by atoms with E-state index in [0.717, 1.165) is 10.6 Å². The molecule has 0 aliphatic carbocycles. The highest BCUT2D eigenvalue weighted by atomic mass is 32.2. The van der Waals surface area contributed by atoms with Gasteiger partial charge in [0.05, 0.1) is 12.9 Å². The predicted molar refractivity (Wildman–Crippen MR) is 78.2 cm³/mol. The molecule has 0 unspecified atom stereocenters. The second-order valence-corrected chi connectivity index (χ2v) is 5.26. The maximum atomic E-state index is 11.7. The van der Waals surface area contributed by atoms with Crippen molar-refractivity contribution < 1.29 is 19.4 Å². The zero-order valence-corrected chi connectivity index (χ0v) is 12.4. The van der Waals surface area contributed by atoms with Crippen LogP contribution in [0.2, 0.25) is 0 Å². The molecule has 1 amide bonds. The van der Waals surface area contributed by atoms with Crippen molar-refractivity contribution in [2.45, 2.75) is 30.7 Å². The Morgan fingerprint density at radius 3 is 2.50 bits per heavy atom. The highest BCUT2D eigenvalue weighted by Crippen LogP contribution is 2.20. The lowest BCUT2D eigenvalue weighted by atomic mass is 10.2. The molecule has 110 valence electrons. The third-order valence-electron chi connectivity index (χ3n) is 2.64. The zero-order chi connectivity index (χ0) is 15.0. The van der Waals surface area contributed by atoms with Crippen LogP contribution in [0.15, 0.2) is 29.2 Å². The van der Waals surface area contributed by atoms with Gasteiger partial charge < -0.3 is 15.2 Å². The Balaban J connectivity index is 2.43. The van der Waals surface area contributed by atoms with E-state index < -0.39 is 12.0 Å². The quantitative estimate of drug-likeness (QED) is 0.719. The number of nitrogens with one attached hydrogen (secondary N) is 1. The van der Waals surface area contributed by atoms with Crippen LogP contribution in [0.5, 0.6) is 5.75 Å². The normalized spacial score (nSPS) is 11.7. The van der Waals surface area contributed by atoms with Crippen molar-refractivity contribution in [1.82, 2.24) is 5.32 Å². The lowest BCUT2D eigenvalue weighted by Crippen LogP contribution is -2.41. The molecule has 0 heterocycles. The monoisotopic (exact) mass is 297 g/mol. The van der Waals surface area contributed by atoms with Crippen LogP contribution in [0.1, 0.15) is 19.8 Å². The van der Waals surface area contributed by atoms with Gasteiger partial charge in [0, 0.05) is 4.90 Å². The van der Waals surface area contributed by atoms with Crippen LogP contribution in [0.4, 0.5) is 0 Å². The summed E-state index contributed by atoms with van der Waals surface area (Å²) in [6.07, 6.45) is 1.15. The lowest BCUT2D eigenvalue weighted by Gasteiger charge is -2.13. The Kier molecular flexibility index (Phi) is 6.93. The van der Waals surface area contributed by atoms with Gasteiger partial charge in [0.15, 0.2) is 0 Å². The SMILES string of the molecule is CCC[C@H](NC(=O)CSc1ccc(OC)cc1)C(=O)O. The minimum absolute atomic E-state index is 0.194. The third-order valence-corrected chi connectivity index (χ3v) is 3.65. The molecule has 1 rings (SSSR count). The first-order valence-electron chi connectivity index (χ1n) is 6.35. The molecule has 6 heteroatoms. The van der Waals surface area contributed by atoms with Gasteiger partial charge in [-0.3, -0.25) is 4.79 Å². The van der Waals surface area contributed by atoms with Gasteiger partial charge in [0.1, 0.15) is 11.8 Å². The summed E-state index contributed by atoms with van der Waals surface area (Å²) in [6.45, 7) is 1.88. The van der Waals surface area contributed by atoms with E-state index in [1.54, 1.807) is 7.11 Å². The molecule has 1 atom stereocenters. The van der Waals surface area contributed by atoms with Crippen LogP contribution < -0.4 is 10.1 Å². The summed E-state index contributed by atoms with van der Waals surface area (Å²) in [6, 6.07) is 6.55. The molecular weight excluding hydrogens is 278 g/mol. The van der Waals surface area contributed by atoms with Crippen molar-refractivity contribution in [1.29, 1.82) is 0 Å². The van der Waals surface area contributed by atoms with Gasteiger partial charge in [-0.2, -0.15) is 0 Å². The van der Waals surface area contributed by atoms with E-state index in [0.29, 0.717) is 12.8 Å². The van der Waals surface area contributed by atoms with E-state index in [1.165, 1.54) is 11.8 Å². The van der Waals surface area contributed by atoms with Gasteiger partial charge in [-0.15, -0.1) is 11.8 Å². The van der Waals surface area contributed by atoms with E-state index in [1.807, 2.05) is 31.2 Å². The van der Waals surface area contributed by atoms with Crippen LogP contribution in [-0.2, 0) is 9.59 Å². The van der Waals surface area contributed by atoms with Gasteiger partial charge in [0.25, 0.3) is 0 Å². The summed E-state index contributed by atoms with van der Waals surface area (Å²) < 4.78 is 5.05. The molecule has 0 fully saturated rings. The summed E-state index contributed by atoms with van der Waals surface area (Å²) in [5.41, 5.74) is 0. The van der Waals surface area contributed by atoms with Crippen LogP contribution in [0.3, 0.4) is 0 Å². The number of carboxylic acids is 1. The first-order chi connectivity index (χ1) is 9.56. The van der Waals surface area contributed by atoms with E-state index in [-0.39, 0.29) is 11.7 Å². The third kappa shape index (κ3) is 5.52. The number of hydrogen-bond acceptors (Lipinski definition) is 4. The fourth-order valence-corrected chi connectivity index (χ4v) is 2.31. The molecule has 2 N–H and O–H groups in total. The topological polar surface area (TPSA) is 75.6 Å². The van der Waals surface area contributed by atoms with E-state index in [2.05, 4.69) is 5.32 Å². The van der Waals surface area contributed by atoms with Crippen molar-refractivity contribution in [2.24, 2.45) is 0 Å². The van der Waals surface area contributed by atoms with E-state index in [4.69, 9.17) is 9.84 Å². The number of carbonyl (C=O) groups is 2. The largest absolute Gasteiger partial charge is 0.497 e. The fourth-order valence-electron chi connectivity index (χ4n) is 1.60. The Morgan fingerprint density at radius 1 is 1.35 bits per heavy atom. The second-order valence-electron chi connectivity index (χ2n) is 4.21. The molecule has 0 aliphatic rings. The first-order valence-corrected chi connectivity index (χ1v) is 7.34. The number of carbonyl (C=O) groups excluding carboxylic acids is 1. The number of methoxy groups -OCH3 is 1. The summed E-state index contributed by atoms with van der Waals surface area (Å²) in [5.74, 6) is -0.311. The molecule has 20 heavy (non-hydrogen) atoms. The highest BCUT2D eigenvalue weighted by molar-refractivity contribution is 8.00. The van der Waals surface area contributed by atoms with Gasteiger partial charge in [-0.1, -0.05) is 13.3 Å². The minimum Gasteiger partial charge on any atom is -0.497 e. The minimum atomic E-state index is -0.991. The van der Waals surface area contributed by atoms with Crippen LogP contribution in [0, 0.1) is 0 Å². The molecule has 0 radical (unpaired) electrons. The lowest BCUT2D eigenvalue weighted by molar-refractivity contribution is -0.141. The van der Waals surface area contributed by atoms with E-state index in [9.17, 15) is 9.59 Å². The maximum Gasteiger partial charge on any atom is 0.326 e. The van der Waals surface area contributed by atoms with Gasteiger partial charge in [0.2, 0.25) is 5.91 Å². The summed E-state index contributed by atoms with van der Waals surface area (Å²) >= 11 is 1.36. The standard InChI is InChI=1S/C14H19NO4S/c1-3-4-12(14(17)18)15-13(16)9-20-11-7-5-10(19-2)6-8-11/h5-8,12H,3-4,9H2,1-2H3,(H,15,16)(H,17,18)/t12-/m0/s1. The molecule has 1 aromatic carbocycles. The van der Waals surface area contributed by atoms with Gasteiger partial charge >= 0.3 is 5.97 Å². The molecule has 5 nitrogen and oxygen atoms in total. The van der Waals surface area contributed by atoms with Crippen LogP contribution in [0.25, 0.3) is 0 Å². The number of amides is 1. The fraction of sp³-hybridized carbons (Fsp3) is 0.429. The number of thioether (sulfide) groups is 1. The second kappa shape index (κ2) is 8.47. The number of ether oxygens (including phenoxy) is 1. The number of hydrogen-bond donors (Lipinski definition) is 2. The molecular formula is C14H19NO4S. The number of carboxylic acid groups (broad SMARTS) is 1. The van der Waals surface area contributed by atoms with Gasteiger partial charge in [-0.05, 0) is 30.7 Å². The predicted octanol–water partition coefficient (Wildman–Crippen LogP) is 2.16. The van der Waals surface area contributed by atoms with E-state index >= 15 is 0 Å². The molecule has 0 saturated carbocycles. The van der Waals surface area contributed by atoms with Crippen molar-refractivity contribution in [3.63, 3.8) is 0 Å². The average molecular weight is 297 g/mol. The molecule has 0 spiro atoms. The maximum absolute atomic E-state index is 11.7. The van der Waals surface area contributed by atoms with Crippen LogP contribution in [-0.4, -0.2) is 35.9 Å². The zero-order valence-electron chi connectivity index (χ0n) is 11.6. The van der Waals surface area contributed by atoms with Crippen molar-refractivity contribution in [2.75, 3.05) is 12.9 Å². The number of aliphatic carboxylic acids is 1. The molecule has 0 aromatic heterocycles. The molecule has 0 saturated heterocycles. The molecule has 0 bridgehead atoms. The van der Waals surface area contributed by atoms with Crippen LogP contribution >= 0.6 is 11.8 Å². The Bertz CT molecular complexity index is 447. The summed E-state index contributed by atoms with van der Waals surface area (Å²) in [5, 5.41) is 11.5. The first kappa shape index (κ1) is 16.4. The number of rotatable bonds is 8. The Morgan fingerprint density at radius 2 is 2.00 bits per heavy atom. The smallest absolute Gasteiger partial charge is 0.326 e. The molecule has 0 aliphatic heterocycles. The van der Waals surface area contributed by atoms with Crippen molar-refractivity contribution in [3.8, 4) is 5.75 Å². The highest BCUT2D eigenvalue weighted by Gasteiger charge is 2.18. The summed E-state index contributed by atoms with van der Waals surface area (Å²) in [4.78, 5) is 23.6. The van der Waals surface area contributed by atoms with Crippen molar-refractivity contribution >= 4 is 23.6 Å². The van der Waals surface area contributed by atoms with Crippen molar-refractivity contribution in [3.05, 3.63) is 24.3 Å². The van der Waals surface area contributed by atoms with Gasteiger partial charge in [-0.25, -0.2) is 4.79 Å². The number of benzene rings is 1. The Hall–Kier alpha value is -1.69. The molecule has 1 aromatic rings. The Labute approximate surface area is 122 Å². The average Bonchev–Trinajstić information content (AvgIpc) is 2.45.